The molecule has 0 saturated carbocycles. The lowest BCUT2D eigenvalue weighted by molar-refractivity contribution is -0.113. The average Bonchev–Trinajstić information content (AvgIpc) is 3.07. The van der Waals surface area contributed by atoms with Crippen molar-refractivity contribution in [3.05, 3.63) is 60.0 Å². The third-order valence-electron chi connectivity index (χ3n) is 3.59. The van der Waals surface area contributed by atoms with Crippen molar-refractivity contribution >= 4 is 35.1 Å². The van der Waals surface area contributed by atoms with Crippen LogP contribution in [0.2, 0.25) is 0 Å². The van der Waals surface area contributed by atoms with Crippen LogP contribution in [0, 0.1) is 6.92 Å². The van der Waals surface area contributed by atoms with Crippen LogP contribution < -0.4 is 10.6 Å². The zero-order chi connectivity index (χ0) is 19.2. The SMILES string of the molecule is Cc1ccc(NC(=O)c2ccc(NC(=O)CSc3nncn3C)cc2)nc1. The van der Waals surface area contributed by atoms with Crippen LogP contribution in [-0.4, -0.2) is 37.3 Å². The molecular weight excluding hydrogens is 364 g/mol. The van der Waals surface area contributed by atoms with Crippen LogP contribution in [0.25, 0.3) is 0 Å². The predicted molar refractivity (Wildman–Crippen MR) is 104 cm³/mol. The summed E-state index contributed by atoms with van der Waals surface area (Å²) in [5.41, 5.74) is 2.11. The van der Waals surface area contributed by atoms with E-state index in [0.29, 0.717) is 22.2 Å². The summed E-state index contributed by atoms with van der Waals surface area (Å²) < 4.78 is 1.74. The van der Waals surface area contributed by atoms with E-state index in [9.17, 15) is 9.59 Å². The number of carbonyl (C=O) groups is 2. The summed E-state index contributed by atoms with van der Waals surface area (Å²) in [4.78, 5) is 28.4. The summed E-state index contributed by atoms with van der Waals surface area (Å²) in [6, 6.07) is 10.3. The molecule has 0 bridgehead atoms. The van der Waals surface area contributed by atoms with Crippen LogP contribution in [0.4, 0.5) is 11.5 Å². The number of benzene rings is 1. The third-order valence-corrected chi connectivity index (χ3v) is 4.62. The lowest BCUT2D eigenvalue weighted by atomic mass is 10.2. The number of hydrogen-bond acceptors (Lipinski definition) is 6. The minimum Gasteiger partial charge on any atom is -0.325 e. The second-order valence-electron chi connectivity index (χ2n) is 5.81. The van der Waals surface area contributed by atoms with E-state index < -0.39 is 0 Å². The lowest BCUT2D eigenvalue weighted by Gasteiger charge is -2.07. The van der Waals surface area contributed by atoms with Crippen LogP contribution in [0.15, 0.2) is 54.1 Å². The van der Waals surface area contributed by atoms with Crippen molar-refractivity contribution in [1.82, 2.24) is 19.7 Å². The van der Waals surface area contributed by atoms with E-state index in [1.165, 1.54) is 11.8 Å². The maximum Gasteiger partial charge on any atom is 0.256 e. The summed E-state index contributed by atoms with van der Waals surface area (Å²) in [7, 11) is 1.82. The molecule has 0 unspecified atom stereocenters. The number of aromatic nitrogens is 4. The van der Waals surface area contributed by atoms with Gasteiger partial charge in [0.05, 0.1) is 5.75 Å². The predicted octanol–water partition coefficient (Wildman–Crippen LogP) is 2.50. The Bertz CT molecular complexity index is 937. The number of carbonyl (C=O) groups excluding carboxylic acids is 2. The fraction of sp³-hybridized carbons (Fsp3) is 0.167. The number of nitrogens with zero attached hydrogens (tertiary/aromatic N) is 4. The summed E-state index contributed by atoms with van der Waals surface area (Å²) in [5.74, 6) is 0.281. The molecule has 9 heteroatoms. The van der Waals surface area contributed by atoms with Gasteiger partial charge in [0.1, 0.15) is 12.1 Å². The van der Waals surface area contributed by atoms with Crippen LogP contribution in [0.5, 0.6) is 0 Å². The highest BCUT2D eigenvalue weighted by atomic mass is 32.2. The molecule has 8 nitrogen and oxygen atoms in total. The Morgan fingerprint density at radius 1 is 1.11 bits per heavy atom. The van der Waals surface area contributed by atoms with Crippen LogP contribution in [0.1, 0.15) is 15.9 Å². The summed E-state index contributed by atoms with van der Waals surface area (Å²) >= 11 is 1.30. The maximum absolute atomic E-state index is 12.2. The second-order valence-corrected chi connectivity index (χ2v) is 6.76. The standard InChI is InChI=1S/C18H18N6O2S/c1-12-3-8-15(19-9-12)22-17(26)13-4-6-14(7-5-13)21-16(25)10-27-18-23-20-11-24(18)2/h3-9,11H,10H2,1-2H3,(H,21,25)(H,19,22,26). The average molecular weight is 382 g/mol. The van der Waals surface area contributed by atoms with E-state index in [-0.39, 0.29) is 17.6 Å². The molecule has 0 aliphatic carbocycles. The molecule has 0 aliphatic heterocycles. The molecule has 2 amide bonds. The molecule has 2 aromatic heterocycles. The maximum atomic E-state index is 12.2. The number of aryl methyl sites for hydroxylation is 2. The van der Waals surface area contributed by atoms with Crippen LogP contribution >= 0.6 is 11.8 Å². The van der Waals surface area contributed by atoms with Gasteiger partial charge in [-0.1, -0.05) is 17.8 Å². The van der Waals surface area contributed by atoms with Crippen molar-refractivity contribution in [2.45, 2.75) is 12.1 Å². The van der Waals surface area contributed by atoms with Crippen molar-refractivity contribution in [2.75, 3.05) is 16.4 Å². The number of hydrogen-bond donors (Lipinski definition) is 2. The molecule has 3 rings (SSSR count). The molecule has 0 saturated heterocycles. The Labute approximate surface area is 160 Å². The van der Waals surface area contributed by atoms with Crippen LogP contribution in [0.3, 0.4) is 0 Å². The largest absolute Gasteiger partial charge is 0.325 e. The van der Waals surface area contributed by atoms with E-state index in [0.717, 1.165) is 5.56 Å². The Morgan fingerprint density at radius 2 is 1.89 bits per heavy atom. The Morgan fingerprint density at radius 3 is 2.52 bits per heavy atom. The van der Waals surface area contributed by atoms with Gasteiger partial charge in [0.15, 0.2) is 5.16 Å². The number of thioether (sulfide) groups is 1. The van der Waals surface area contributed by atoms with E-state index >= 15 is 0 Å². The number of anilines is 2. The van der Waals surface area contributed by atoms with Crippen molar-refractivity contribution < 1.29 is 9.59 Å². The molecule has 0 atom stereocenters. The molecule has 2 N–H and O–H groups in total. The number of rotatable bonds is 6. The highest BCUT2D eigenvalue weighted by Crippen LogP contribution is 2.15. The number of nitrogens with one attached hydrogen (secondary N) is 2. The number of pyridine rings is 1. The molecule has 0 spiro atoms. The Hall–Kier alpha value is -3.20. The highest BCUT2D eigenvalue weighted by molar-refractivity contribution is 7.99. The van der Waals surface area contributed by atoms with Crippen molar-refractivity contribution in [3.63, 3.8) is 0 Å². The Kier molecular flexibility index (Phi) is 5.82. The van der Waals surface area contributed by atoms with Crippen molar-refractivity contribution in [2.24, 2.45) is 7.05 Å². The van der Waals surface area contributed by atoms with Gasteiger partial charge in [-0.25, -0.2) is 4.98 Å². The van der Waals surface area contributed by atoms with Gasteiger partial charge in [0, 0.05) is 24.5 Å². The minimum atomic E-state index is -0.262. The zero-order valence-electron chi connectivity index (χ0n) is 14.8. The van der Waals surface area contributed by atoms with Gasteiger partial charge in [-0.3, -0.25) is 9.59 Å². The molecule has 0 aliphatic rings. The Balaban J connectivity index is 1.53. The summed E-state index contributed by atoms with van der Waals surface area (Å²) in [6.07, 6.45) is 3.27. The van der Waals surface area contributed by atoms with E-state index in [1.54, 1.807) is 47.4 Å². The third kappa shape index (κ3) is 5.14. The molecule has 1 aromatic carbocycles. The zero-order valence-corrected chi connectivity index (χ0v) is 15.7. The van der Waals surface area contributed by atoms with Crippen LogP contribution in [-0.2, 0) is 11.8 Å². The fourth-order valence-corrected chi connectivity index (χ4v) is 2.85. The highest BCUT2D eigenvalue weighted by Gasteiger charge is 2.09. The first-order valence-electron chi connectivity index (χ1n) is 8.12. The topological polar surface area (TPSA) is 102 Å². The molecule has 138 valence electrons. The van der Waals surface area contributed by atoms with Crippen molar-refractivity contribution in [3.8, 4) is 0 Å². The van der Waals surface area contributed by atoms with Gasteiger partial charge < -0.3 is 15.2 Å². The first-order chi connectivity index (χ1) is 13.0. The first-order valence-corrected chi connectivity index (χ1v) is 9.10. The van der Waals surface area contributed by atoms with E-state index in [2.05, 4.69) is 25.8 Å². The summed E-state index contributed by atoms with van der Waals surface area (Å²) in [6.45, 7) is 1.93. The van der Waals surface area contributed by atoms with Gasteiger partial charge >= 0.3 is 0 Å². The van der Waals surface area contributed by atoms with Gasteiger partial charge in [-0.05, 0) is 42.8 Å². The van der Waals surface area contributed by atoms with Gasteiger partial charge in [-0.15, -0.1) is 10.2 Å². The van der Waals surface area contributed by atoms with Gasteiger partial charge in [0.2, 0.25) is 5.91 Å². The van der Waals surface area contributed by atoms with Gasteiger partial charge in [-0.2, -0.15) is 0 Å². The van der Waals surface area contributed by atoms with E-state index in [4.69, 9.17) is 0 Å². The van der Waals surface area contributed by atoms with Gasteiger partial charge in [0.25, 0.3) is 5.91 Å². The molecule has 27 heavy (non-hydrogen) atoms. The normalized spacial score (nSPS) is 10.4. The minimum absolute atomic E-state index is 0.163. The smallest absolute Gasteiger partial charge is 0.256 e. The molecule has 0 radical (unpaired) electrons. The summed E-state index contributed by atoms with van der Waals surface area (Å²) in [5, 5.41) is 13.9. The monoisotopic (exact) mass is 382 g/mol. The first kappa shape index (κ1) is 18.6. The van der Waals surface area contributed by atoms with E-state index in [1.807, 2.05) is 20.0 Å². The number of amides is 2. The van der Waals surface area contributed by atoms with Crippen molar-refractivity contribution in [1.29, 1.82) is 0 Å². The molecule has 3 aromatic rings. The second kappa shape index (κ2) is 8.45. The molecule has 0 fully saturated rings. The quantitative estimate of drug-likeness (QED) is 0.635. The molecular formula is C18H18N6O2S. The fourth-order valence-electron chi connectivity index (χ4n) is 2.17. The lowest BCUT2D eigenvalue weighted by Crippen LogP contribution is -2.15. The molecule has 2 heterocycles.